The number of hydrogen-bond acceptors (Lipinski definition) is 4. The third-order valence-electron chi connectivity index (χ3n) is 8.00. The maximum absolute atomic E-state index is 12.1. The first-order valence-electron chi connectivity index (χ1n) is 14.4. The van der Waals surface area contributed by atoms with Crippen LogP contribution in [0, 0.1) is 0 Å². The van der Waals surface area contributed by atoms with E-state index < -0.39 is 0 Å². The van der Waals surface area contributed by atoms with Gasteiger partial charge in [0.05, 0.1) is 18.8 Å². The van der Waals surface area contributed by atoms with E-state index >= 15 is 0 Å². The second kappa shape index (κ2) is 12.0. The summed E-state index contributed by atoms with van der Waals surface area (Å²) >= 11 is 0. The van der Waals surface area contributed by atoms with Gasteiger partial charge in [0.25, 0.3) is 0 Å². The number of carbonyl (C=O) groups excluding carboxylic acids is 1. The second-order valence-corrected chi connectivity index (χ2v) is 12.3. The van der Waals surface area contributed by atoms with E-state index in [0.717, 1.165) is 35.4 Å². The summed E-state index contributed by atoms with van der Waals surface area (Å²) in [6.07, 6.45) is 3.32. The van der Waals surface area contributed by atoms with Crippen LogP contribution >= 0.6 is 0 Å². The molecule has 0 fully saturated rings. The molecule has 0 bridgehead atoms. The fraction of sp³-hybridized carbons (Fsp3) is 0.457. The molecule has 0 saturated carbocycles. The molecule has 1 N–H and O–H groups in total. The van der Waals surface area contributed by atoms with Crippen molar-refractivity contribution in [1.29, 1.82) is 0 Å². The Bertz CT molecular complexity index is 1290. The van der Waals surface area contributed by atoms with Crippen LogP contribution in [0.25, 0.3) is 22.3 Å². The van der Waals surface area contributed by atoms with Crippen molar-refractivity contribution in [3.05, 3.63) is 77.4 Å². The van der Waals surface area contributed by atoms with Crippen LogP contribution in [0.1, 0.15) is 89.2 Å². The summed E-state index contributed by atoms with van der Waals surface area (Å²) in [7, 11) is 0. The molecule has 0 atom stereocenters. The fourth-order valence-corrected chi connectivity index (χ4v) is 5.48. The molecule has 0 aromatic heterocycles. The van der Waals surface area contributed by atoms with E-state index in [1.54, 1.807) is 0 Å². The summed E-state index contributed by atoms with van der Waals surface area (Å²) in [4.78, 5) is 12.1. The van der Waals surface area contributed by atoms with E-state index in [2.05, 4.69) is 83.3 Å². The van der Waals surface area contributed by atoms with E-state index in [4.69, 9.17) is 9.47 Å². The van der Waals surface area contributed by atoms with Crippen LogP contribution in [0.3, 0.4) is 0 Å². The third-order valence-corrected chi connectivity index (χ3v) is 8.00. The van der Waals surface area contributed by atoms with E-state index in [1.165, 1.54) is 29.5 Å². The highest BCUT2D eigenvalue weighted by Gasteiger charge is 2.37. The molecule has 1 aliphatic rings. The van der Waals surface area contributed by atoms with Crippen molar-refractivity contribution in [3.63, 3.8) is 0 Å². The van der Waals surface area contributed by atoms with Gasteiger partial charge in [-0.1, -0.05) is 77.9 Å². The maximum Gasteiger partial charge on any atom is 0.338 e. The van der Waals surface area contributed by atoms with Gasteiger partial charge in [-0.15, -0.1) is 0 Å². The molecule has 0 aliphatic heterocycles. The molecule has 0 saturated heterocycles. The molecule has 39 heavy (non-hydrogen) atoms. The van der Waals surface area contributed by atoms with Crippen LogP contribution in [0.2, 0.25) is 0 Å². The Hall–Kier alpha value is -3.11. The normalized spacial score (nSPS) is 15.6. The number of nitrogens with one attached hydrogen (secondary N) is 1. The molecule has 3 aromatic rings. The summed E-state index contributed by atoms with van der Waals surface area (Å²) < 4.78 is 11.5. The lowest BCUT2D eigenvalue weighted by atomic mass is 9.63. The lowest BCUT2D eigenvalue weighted by molar-refractivity contribution is 0.0526. The Balaban J connectivity index is 1.71. The molecule has 0 heterocycles. The SMILES string of the molecule is CCOC(=O)c1ccc(-c2ccc(OCCCNC(C)C)c(-c3ccc4c(c3)C(C)(C)CCC4(C)C)c2)cc1. The summed E-state index contributed by atoms with van der Waals surface area (Å²) in [5, 5.41) is 3.47. The van der Waals surface area contributed by atoms with Crippen molar-refractivity contribution in [2.24, 2.45) is 0 Å². The highest BCUT2D eigenvalue weighted by molar-refractivity contribution is 5.90. The molecular weight excluding hydrogens is 482 g/mol. The van der Waals surface area contributed by atoms with Gasteiger partial charge in [-0.25, -0.2) is 4.79 Å². The Labute approximate surface area is 235 Å². The van der Waals surface area contributed by atoms with Crippen LogP contribution in [-0.2, 0) is 15.6 Å². The highest BCUT2D eigenvalue weighted by atomic mass is 16.5. The topological polar surface area (TPSA) is 47.6 Å². The Morgan fingerprint density at radius 2 is 1.49 bits per heavy atom. The number of benzene rings is 3. The van der Waals surface area contributed by atoms with Crippen molar-refractivity contribution < 1.29 is 14.3 Å². The van der Waals surface area contributed by atoms with Gasteiger partial charge in [0, 0.05) is 11.6 Å². The fourth-order valence-electron chi connectivity index (χ4n) is 5.48. The van der Waals surface area contributed by atoms with Crippen LogP contribution in [0.5, 0.6) is 5.75 Å². The van der Waals surface area contributed by atoms with E-state index in [-0.39, 0.29) is 16.8 Å². The van der Waals surface area contributed by atoms with Crippen molar-refractivity contribution >= 4 is 5.97 Å². The minimum Gasteiger partial charge on any atom is -0.493 e. The standard InChI is InChI=1S/C35H45NO3/c1-8-38-33(37)26-12-10-25(11-13-26)27-15-17-32(39-21-9-20-36-24(2)3)29(22-27)28-14-16-30-31(23-28)35(6,7)19-18-34(30,4)5/h10-17,22-24,36H,8-9,18-21H2,1-7H3. The summed E-state index contributed by atoms with van der Waals surface area (Å²) in [6.45, 7) is 17.6. The number of esters is 1. The minimum absolute atomic E-state index is 0.130. The summed E-state index contributed by atoms with van der Waals surface area (Å²) in [5.41, 5.74) is 8.18. The van der Waals surface area contributed by atoms with Gasteiger partial charge in [0.15, 0.2) is 0 Å². The lowest BCUT2D eigenvalue weighted by Crippen LogP contribution is -2.33. The zero-order chi connectivity index (χ0) is 28.2. The quantitative estimate of drug-likeness (QED) is 0.213. The zero-order valence-electron chi connectivity index (χ0n) is 24.8. The summed E-state index contributed by atoms with van der Waals surface area (Å²) in [6, 6.07) is 21.5. The maximum atomic E-state index is 12.1. The molecule has 0 unspecified atom stereocenters. The first kappa shape index (κ1) is 28.9. The van der Waals surface area contributed by atoms with Crippen LogP contribution in [0.15, 0.2) is 60.7 Å². The summed E-state index contributed by atoms with van der Waals surface area (Å²) in [5.74, 6) is 0.610. The Kier molecular flexibility index (Phi) is 8.86. The van der Waals surface area contributed by atoms with Gasteiger partial charge in [-0.2, -0.15) is 0 Å². The van der Waals surface area contributed by atoms with Crippen molar-refractivity contribution in [2.75, 3.05) is 19.8 Å². The second-order valence-electron chi connectivity index (χ2n) is 12.3. The van der Waals surface area contributed by atoms with Gasteiger partial charge >= 0.3 is 5.97 Å². The molecule has 0 radical (unpaired) electrons. The van der Waals surface area contributed by atoms with Crippen LogP contribution in [0.4, 0.5) is 0 Å². The molecule has 0 spiro atoms. The molecule has 3 aromatic carbocycles. The van der Waals surface area contributed by atoms with Crippen LogP contribution in [-0.4, -0.2) is 31.8 Å². The average Bonchev–Trinajstić information content (AvgIpc) is 2.91. The molecule has 4 rings (SSSR count). The Morgan fingerprint density at radius 3 is 2.15 bits per heavy atom. The molecule has 0 amide bonds. The smallest absolute Gasteiger partial charge is 0.338 e. The predicted molar refractivity (Wildman–Crippen MR) is 162 cm³/mol. The first-order valence-corrected chi connectivity index (χ1v) is 14.4. The van der Waals surface area contributed by atoms with Gasteiger partial charge in [0.2, 0.25) is 0 Å². The van der Waals surface area contributed by atoms with Crippen LogP contribution < -0.4 is 10.1 Å². The van der Waals surface area contributed by atoms with Gasteiger partial charge in [-0.05, 0) is 95.6 Å². The highest BCUT2D eigenvalue weighted by Crippen LogP contribution is 2.47. The van der Waals surface area contributed by atoms with Gasteiger partial charge < -0.3 is 14.8 Å². The zero-order valence-corrected chi connectivity index (χ0v) is 24.8. The third kappa shape index (κ3) is 6.73. The van der Waals surface area contributed by atoms with E-state index in [1.807, 2.05) is 31.2 Å². The molecular formula is C35H45NO3. The Morgan fingerprint density at radius 1 is 0.846 bits per heavy atom. The first-order chi connectivity index (χ1) is 18.5. The average molecular weight is 528 g/mol. The predicted octanol–water partition coefficient (Wildman–Crippen LogP) is 8.31. The monoisotopic (exact) mass is 527 g/mol. The van der Waals surface area contributed by atoms with E-state index in [0.29, 0.717) is 24.8 Å². The number of hydrogen-bond donors (Lipinski definition) is 1. The van der Waals surface area contributed by atoms with Crippen molar-refractivity contribution in [1.82, 2.24) is 5.32 Å². The molecule has 1 aliphatic carbocycles. The number of rotatable bonds is 10. The molecule has 4 nitrogen and oxygen atoms in total. The van der Waals surface area contributed by atoms with Gasteiger partial charge in [0.1, 0.15) is 5.75 Å². The van der Waals surface area contributed by atoms with Crippen molar-refractivity contribution in [2.45, 2.75) is 84.6 Å². The minimum atomic E-state index is -0.292. The number of ether oxygens (including phenoxy) is 2. The van der Waals surface area contributed by atoms with Crippen molar-refractivity contribution in [3.8, 4) is 28.0 Å². The van der Waals surface area contributed by atoms with Gasteiger partial charge in [-0.3, -0.25) is 0 Å². The largest absolute Gasteiger partial charge is 0.493 e. The number of carbonyl (C=O) groups is 1. The molecule has 4 heteroatoms. The number of fused-ring (bicyclic) bond motifs is 1. The van der Waals surface area contributed by atoms with E-state index in [9.17, 15) is 4.79 Å². The molecule has 208 valence electrons. The lowest BCUT2D eigenvalue weighted by Gasteiger charge is -2.42.